The number of hydrogen-bond donors (Lipinski definition) is 1. The van der Waals surface area contributed by atoms with E-state index in [1.807, 2.05) is 45.0 Å². The summed E-state index contributed by atoms with van der Waals surface area (Å²) in [7, 11) is 1.55. The molecule has 2 atom stereocenters. The molecular formula is C20H23N3O3S. The lowest BCUT2D eigenvalue weighted by Crippen LogP contribution is -2.63. The van der Waals surface area contributed by atoms with Gasteiger partial charge in [0.25, 0.3) is 0 Å². The lowest BCUT2D eigenvalue weighted by molar-refractivity contribution is -0.177. The number of anilines is 1. The van der Waals surface area contributed by atoms with Crippen LogP contribution in [0.5, 0.6) is 0 Å². The van der Waals surface area contributed by atoms with Crippen LogP contribution < -0.4 is 5.32 Å². The molecule has 3 amide bonds. The van der Waals surface area contributed by atoms with Gasteiger partial charge in [-0.05, 0) is 31.4 Å². The number of thiazole rings is 1. The Morgan fingerprint density at radius 1 is 1.07 bits per heavy atom. The number of aromatic nitrogens is 1. The zero-order valence-corrected chi connectivity index (χ0v) is 16.8. The maximum atomic E-state index is 13.2. The summed E-state index contributed by atoms with van der Waals surface area (Å²) < 4.78 is 1.00. The Kier molecular flexibility index (Phi) is 3.76. The molecule has 2 aromatic rings. The minimum Gasteiger partial charge on any atom is -0.301 e. The van der Waals surface area contributed by atoms with Crippen LogP contribution in [0.1, 0.15) is 40.0 Å². The van der Waals surface area contributed by atoms with E-state index in [0.717, 1.165) is 10.2 Å². The van der Waals surface area contributed by atoms with Crippen molar-refractivity contribution in [3.05, 3.63) is 24.3 Å². The molecule has 2 aliphatic rings. The van der Waals surface area contributed by atoms with E-state index in [1.54, 1.807) is 7.05 Å². The average Bonchev–Trinajstić information content (AvgIpc) is 3.00. The van der Waals surface area contributed by atoms with Gasteiger partial charge in [0.05, 0.1) is 10.2 Å². The minimum absolute atomic E-state index is 0.177. The van der Waals surface area contributed by atoms with Gasteiger partial charge in [-0.15, -0.1) is 0 Å². The number of likely N-dealkylation sites (tertiary alicyclic amines) is 1. The molecule has 2 unspecified atom stereocenters. The molecule has 2 heterocycles. The third-order valence-electron chi connectivity index (χ3n) is 6.05. The normalized spacial score (nSPS) is 33.4. The Hall–Kier alpha value is -2.28. The number of piperidine rings is 1. The third kappa shape index (κ3) is 2.67. The first-order valence-electron chi connectivity index (χ1n) is 9.06. The first kappa shape index (κ1) is 18.1. The van der Waals surface area contributed by atoms with Gasteiger partial charge in [-0.3, -0.25) is 19.3 Å². The van der Waals surface area contributed by atoms with Crippen molar-refractivity contribution in [1.82, 2.24) is 9.88 Å². The van der Waals surface area contributed by atoms with Gasteiger partial charge in [-0.1, -0.05) is 44.2 Å². The second kappa shape index (κ2) is 5.61. The van der Waals surface area contributed by atoms with Crippen molar-refractivity contribution in [2.75, 3.05) is 12.4 Å². The molecule has 1 saturated heterocycles. The molecule has 142 valence electrons. The summed E-state index contributed by atoms with van der Waals surface area (Å²) in [6, 6.07) is 7.71. The van der Waals surface area contributed by atoms with E-state index in [1.165, 1.54) is 16.2 Å². The predicted molar refractivity (Wildman–Crippen MR) is 104 cm³/mol. The largest absolute Gasteiger partial charge is 0.301 e. The van der Waals surface area contributed by atoms with E-state index in [4.69, 9.17) is 0 Å². The number of benzene rings is 1. The number of nitrogens with one attached hydrogen (secondary N) is 1. The van der Waals surface area contributed by atoms with Crippen LogP contribution in [-0.2, 0) is 14.4 Å². The zero-order chi connectivity index (χ0) is 19.6. The smallest absolute Gasteiger partial charge is 0.234 e. The Labute approximate surface area is 161 Å². The summed E-state index contributed by atoms with van der Waals surface area (Å²) in [5.74, 6) is -0.559. The first-order valence-corrected chi connectivity index (χ1v) is 9.88. The Morgan fingerprint density at radius 2 is 1.67 bits per heavy atom. The van der Waals surface area contributed by atoms with Crippen LogP contribution in [0, 0.1) is 16.2 Å². The van der Waals surface area contributed by atoms with Crippen LogP contribution in [0.2, 0.25) is 0 Å². The molecular weight excluding hydrogens is 362 g/mol. The number of carbonyl (C=O) groups is 3. The topological polar surface area (TPSA) is 79.4 Å². The Balaban J connectivity index is 1.65. The fraction of sp³-hybridized carbons (Fsp3) is 0.500. The van der Waals surface area contributed by atoms with Gasteiger partial charge in [0.2, 0.25) is 17.7 Å². The molecule has 6 nitrogen and oxygen atoms in total. The van der Waals surface area contributed by atoms with Gasteiger partial charge in [-0.25, -0.2) is 4.98 Å². The van der Waals surface area contributed by atoms with Gasteiger partial charge in [0.1, 0.15) is 0 Å². The first-order chi connectivity index (χ1) is 12.6. The van der Waals surface area contributed by atoms with Gasteiger partial charge in [-0.2, -0.15) is 0 Å². The molecule has 1 aromatic carbocycles. The van der Waals surface area contributed by atoms with Gasteiger partial charge < -0.3 is 5.32 Å². The zero-order valence-electron chi connectivity index (χ0n) is 16.0. The van der Waals surface area contributed by atoms with Crippen molar-refractivity contribution in [2.45, 2.75) is 40.0 Å². The van der Waals surface area contributed by atoms with Crippen molar-refractivity contribution < 1.29 is 14.4 Å². The number of nitrogens with zero attached hydrogens (tertiary/aromatic N) is 2. The number of imide groups is 1. The molecule has 1 N–H and O–H groups in total. The van der Waals surface area contributed by atoms with Gasteiger partial charge in [0, 0.05) is 23.3 Å². The minimum atomic E-state index is -0.813. The second-order valence-corrected chi connectivity index (χ2v) is 9.85. The molecule has 1 aliphatic carbocycles. The summed E-state index contributed by atoms with van der Waals surface area (Å²) in [6.45, 7) is 5.61. The molecule has 2 bridgehead atoms. The predicted octanol–water partition coefficient (Wildman–Crippen LogP) is 3.44. The molecule has 1 saturated carbocycles. The molecule has 0 radical (unpaired) electrons. The van der Waals surface area contributed by atoms with E-state index in [9.17, 15) is 14.4 Å². The number of para-hydroxylation sites is 1. The van der Waals surface area contributed by atoms with Crippen LogP contribution in [0.25, 0.3) is 10.2 Å². The number of hydrogen-bond acceptors (Lipinski definition) is 5. The highest BCUT2D eigenvalue weighted by Crippen LogP contribution is 2.58. The molecule has 1 aliphatic heterocycles. The molecule has 7 heteroatoms. The fourth-order valence-electron chi connectivity index (χ4n) is 5.31. The number of rotatable bonds is 2. The third-order valence-corrected chi connectivity index (χ3v) is 7.00. The summed E-state index contributed by atoms with van der Waals surface area (Å²) in [5, 5.41) is 3.48. The van der Waals surface area contributed by atoms with E-state index in [-0.39, 0.29) is 17.7 Å². The van der Waals surface area contributed by atoms with Crippen molar-refractivity contribution in [3.8, 4) is 0 Å². The van der Waals surface area contributed by atoms with Crippen molar-refractivity contribution in [1.29, 1.82) is 0 Å². The SMILES string of the molecule is CN1C(=O)C2(C)CC(C)(C(=O)Nc3nc4ccccc4s3)CC(C)(C2)C1=O. The van der Waals surface area contributed by atoms with Gasteiger partial charge >= 0.3 is 0 Å². The lowest BCUT2D eigenvalue weighted by Gasteiger charge is -2.55. The van der Waals surface area contributed by atoms with Crippen LogP contribution in [-0.4, -0.2) is 34.7 Å². The standard InChI is InChI=1S/C20H23N3O3S/c1-18(14(24)22-17-21-12-7-5-6-8-13(12)27-17)9-19(2)11-20(3,10-18)16(26)23(4)15(19)25/h5-8H,9-11H2,1-4H3,(H,21,22,24). The molecule has 0 spiro atoms. The average molecular weight is 385 g/mol. The monoisotopic (exact) mass is 385 g/mol. The summed E-state index contributed by atoms with van der Waals surface area (Å²) in [5.41, 5.74) is -1.40. The van der Waals surface area contributed by atoms with Crippen LogP contribution in [0.3, 0.4) is 0 Å². The number of carbonyl (C=O) groups excluding carboxylic acids is 3. The molecule has 2 fully saturated rings. The Bertz CT molecular complexity index is 921. The Morgan fingerprint density at radius 3 is 2.26 bits per heavy atom. The van der Waals surface area contributed by atoms with E-state index < -0.39 is 16.2 Å². The second-order valence-electron chi connectivity index (χ2n) is 8.82. The maximum Gasteiger partial charge on any atom is 0.234 e. The van der Waals surface area contributed by atoms with Gasteiger partial charge in [0.15, 0.2) is 5.13 Å². The van der Waals surface area contributed by atoms with E-state index in [2.05, 4.69) is 10.3 Å². The number of fused-ring (bicyclic) bond motifs is 3. The summed E-state index contributed by atoms with van der Waals surface area (Å²) in [6.07, 6.45) is 1.33. The van der Waals surface area contributed by atoms with Crippen molar-refractivity contribution in [2.24, 2.45) is 16.2 Å². The van der Waals surface area contributed by atoms with E-state index in [0.29, 0.717) is 24.4 Å². The highest BCUT2D eigenvalue weighted by molar-refractivity contribution is 7.22. The maximum absolute atomic E-state index is 13.2. The molecule has 4 rings (SSSR count). The van der Waals surface area contributed by atoms with Crippen molar-refractivity contribution in [3.63, 3.8) is 0 Å². The summed E-state index contributed by atoms with van der Waals surface area (Å²) >= 11 is 1.42. The quantitative estimate of drug-likeness (QED) is 0.803. The highest BCUT2D eigenvalue weighted by atomic mass is 32.1. The van der Waals surface area contributed by atoms with E-state index >= 15 is 0 Å². The lowest BCUT2D eigenvalue weighted by atomic mass is 9.51. The van der Waals surface area contributed by atoms with Crippen molar-refractivity contribution >= 4 is 44.4 Å². The number of amides is 3. The summed E-state index contributed by atoms with van der Waals surface area (Å²) in [4.78, 5) is 44.4. The van der Waals surface area contributed by atoms with Crippen LogP contribution >= 0.6 is 11.3 Å². The fourth-order valence-corrected chi connectivity index (χ4v) is 6.17. The highest BCUT2D eigenvalue weighted by Gasteiger charge is 2.62. The van der Waals surface area contributed by atoms with Crippen LogP contribution in [0.4, 0.5) is 5.13 Å². The molecule has 27 heavy (non-hydrogen) atoms. The molecule has 1 aromatic heterocycles. The van der Waals surface area contributed by atoms with Crippen LogP contribution in [0.15, 0.2) is 24.3 Å².